The molecular formula is C12H25N. The maximum atomic E-state index is 3.30. The minimum absolute atomic E-state index is 0.975. The first-order valence-corrected chi connectivity index (χ1v) is 6.01. The Morgan fingerprint density at radius 3 is 2.23 bits per heavy atom. The summed E-state index contributed by atoms with van der Waals surface area (Å²) in [5.74, 6) is 2.04. The average Bonchev–Trinajstić information content (AvgIpc) is 2.17. The summed E-state index contributed by atoms with van der Waals surface area (Å²) < 4.78 is 0. The molecule has 1 aliphatic carbocycles. The van der Waals surface area contributed by atoms with Gasteiger partial charge in [0.25, 0.3) is 0 Å². The lowest BCUT2D eigenvalue weighted by atomic mass is 9.80. The predicted molar refractivity (Wildman–Crippen MR) is 58.9 cm³/mol. The van der Waals surface area contributed by atoms with Crippen LogP contribution in [0.25, 0.3) is 0 Å². The van der Waals surface area contributed by atoms with E-state index in [2.05, 4.69) is 19.3 Å². The Hall–Kier alpha value is -0.0400. The van der Waals surface area contributed by atoms with E-state index in [0.29, 0.717) is 0 Å². The first kappa shape index (κ1) is 11.0. The molecule has 0 aromatic carbocycles. The third kappa shape index (κ3) is 4.12. The molecule has 1 saturated carbocycles. The number of unbranched alkanes of at least 4 members (excludes halogenated alkanes) is 1. The monoisotopic (exact) mass is 183 g/mol. The van der Waals surface area contributed by atoms with E-state index in [4.69, 9.17) is 0 Å². The summed E-state index contributed by atoms with van der Waals surface area (Å²) in [7, 11) is 2.07. The fourth-order valence-electron chi connectivity index (χ4n) is 2.51. The third-order valence-electron chi connectivity index (χ3n) is 3.43. The second-order valence-corrected chi connectivity index (χ2v) is 4.59. The van der Waals surface area contributed by atoms with Gasteiger partial charge in [0.15, 0.2) is 0 Å². The van der Waals surface area contributed by atoms with Crippen LogP contribution in [-0.4, -0.2) is 13.6 Å². The molecule has 13 heavy (non-hydrogen) atoms. The van der Waals surface area contributed by atoms with Crippen LogP contribution < -0.4 is 5.32 Å². The predicted octanol–water partition coefficient (Wildman–Crippen LogP) is 3.20. The van der Waals surface area contributed by atoms with E-state index in [0.717, 1.165) is 11.8 Å². The van der Waals surface area contributed by atoms with Gasteiger partial charge in [0.1, 0.15) is 0 Å². The van der Waals surface area contributed by atoms with E-state index >= 15 is 0 Å². The lowest BCUT2D eigenvalue weighted by Crippen LogP contribution is -2.23. The van der Waals surface area contributed by atoms with Crippen molar-refractivity contribution in [1.29, 1.82) is 0 Å². The van der Waals surface area contributed by atoms with Gasteiger partial charge in [-0.1, -0.05) is 39.0 Å². The molecule has 0 aliphatic heterocycles. The van der Waals surface area contributed by atoms with Gasteiger partial charge >= 0.3 is 0 Å². The van der Waals surface area contributed by atoms with Crippen molar-refractivity contribution in [3.63, 3.8) is 0 Å². The van der Waals surface area contributed by atoms with Crippen molar-refractivity contribution in [3.05, 3.63) is 0 Å². The van der Waals surface area contributed by atoms with Crippen molar-refractivity contribution in [3.8, 4) is 0 Å². The SMILES string of the molecule is CCCCC1CCC(CNC)CC1. The van der Waals surface area contributed by atoms with Gasteiger partial charge in [0.05, 0.1) is 0 Å². The molecule has 0 aromatic rings. The molecule has 1 rings (SSSR count). The largest absolute Gasteiger partial charge is 0.319 e. The fraction of sp³-hybridized carbons (Fsp3) is 1.00. The van der Waals surface area contributed by atoms with Crippen molar-refractivity contribution < 1.29 is 0 Å². The third-order valence-corrected chi connectivity index (χ3v) is 3.43. The van der Waals surface area contributed by atoms with E-state index in [-0.39, 0.29) is 0 Å². The summed E-state index contributed by atoms with van der Waals surface area (Å²) in [6, 6.07) is 0. The normalized spacial score (nSPS) is 29.1. The molecule has 1 heteroatoms. The van der Waals surface area contributed by atoms with Gasteiger partial charge in [0, 0.05) is 0 Å². The maximum absolute atomic E-state index is 3.30. The molecule has 0 unspecified atom stereocenters. The summed E-state index contributed by atoms with van der Waals surface area (Å²) in [4.78, 5) is 0. The Bertz CT molecular complexity index is 114. The summed E-state index contributed by atoms with van der Waals surface area (Å²) >= 11 is 0. The zero-order valence-corrected chi connectivity index (χ0v) is 9.31. The lowest BCUT2D eigenvalue weighted by Gasteiger charge is -2.28. The molecule has 0 radical (unpaired) electrons. The lowest BCUT2D eigenvalue weighted by molar-refractivity contribution is 0.257. The molecule has 0 spiro atoms. The summed E-state index contributed by atoms with van der Waals surface area (Å²) in [5.41, 5.74) is 0. The topological polar surface area (TPSA) is 12.0 Å². The molecule has 0 heterocycles. The maximum Gasteiger partial charge on any atom is -0.00235 e. The number of hydrogen-bond donors (Lipinski definition) is 1. The molecule has 1 nitrogen and oxygen atoms in total. The molecule has 0 aromatic heterocycles. The molecule has 1 fully saturated rings. The summed E-state index contributed by atoms with van der Waals surface area (Å²) in [6.45, 7) is 3.53. The Morgan fingerprint density at radius 1 is 1.08 bits per heavy atom. The quantitative estimate of drug-likeness (QED) is 0.690. The zero-order chi connectivity index (χ0) is 9.52. The highest BCUT2D eigenvalue weighted by Gasteiger charge is 2.19. The molecule has 0 amide bonds. The van der Waals surface area contributed by atoms with Crippen LogP contribution in [0.5, 0.6) is 0 Å². The second kappa shape index (κ2) is 6.42. The van der Waals surface area contributed by atoms with Gasteiger partial charge < -0.3 is 5.32 Å². The van der Waals surface area contributed by atoms with Gasteiger partial charge in [-0.25, -0.2) is 0 Å². The summed E-state index contributed by atoms with van der Waals surface area (Å²) in [5, 5.41) is 3.30. The Kier molecular flexibility index (Phi) is 5.45. The van der Waals surface area contributed by atoms with Gasteiger partial charge in [-0.15, -0.1) is 0 Å². The van der Waals surface area contributed by atoms with Crippen LogP contribution in [0, 0.1) is 11.8 Å². The zero-order valence-electron chi connectivity index (χ0n) is 9.31. The van der Waals surface area contributed by atoms with Crippen LogP contribution in [0.3, 0.4) is 0 Å². The van der Waals surface area contributed by atoms with Crippen molar-refractivity contribution in [2.24, 2.45) is 11.8 Å². The van der Waals surface area contributed by atoms with Crippen LogP contribution in [0.1, 0.15) is 51.9 Å². The van der Waals surface area contributed by atoms with Gasteiger partial charge in [-0.05, 0) is 38.3 Å². The number of rotatable bonds is 5. The van der Waals surface area contributed by atoms with E-state index in [9.17, 15) is 0 Å². The number of nitrogens with one attached hydrogen (secondary N) is 1. The van der Waals surface area contributed by atoms with Crippen LogP contribution in [0.4, 0.5) is 0 Å². The molecule has 0 saturated heterocycles. The van der Waals surface area contributed by atoms with Crippen LogP contribution >= 0.6 is 0 Å². The van der Waals surface area contributed by atoms with Crippen molar-refractivity contribution in [1.82, 2.24) is 5.32 Å². The van der Waals surface area contributed by atoms with Crippen molar-refractivity contribution in [2.45, 2.75) is 51.9 Å². The minimum atomic E-state index is 0.975. The fourth-order valence-corrected chi connectivity index (χ4v) is 2.51. The van der Waals surface area contributed by atoms with Gasteiger partial charge in [-0.2, -0.15) is 0 Å². The smallest absolute Gasteiger partial charge is 0.00235 e. The first-order chi connectivity index (χ1) is 6.36. The van der Waals surface area contributed by atoms with E-state index in [1.807, 2.05) is 0 Å². The minimum Gasteiger partial charge on any atom is -0.319 e. The Morgan fingerprint density at radius 2 is 1.69 bits per heavy atom. The van der Waals surface area contributed by atoms with Crippen LogP contribution in [-0.2, 0) is 0 Å². The van der Waals surface area contributed by atoms with Gasteiger partial charge in [-0.3, -0.25) is 0 Å². The highest BCUT2D eigenvalue weighted by atomic mass is 14.8. The van der Waals surface area contributed by atoms with E-state index < -0.39 is 0 Å². The molecular weight excluding hydrogens is 158 g/mol. The number of hydrogen-bond acceptors (Lipinski definition) is 1. The first-order valence-electron chi connectivity index (χ1n) is 6.01. The molecule has 78 valence electrons. The highest BCUT2D eigenvalue weighted by Crippen LogP contribution is 2.31. The van der Waals surface area contributed by atoms with Crippen molar-refractivity contribution in [2.75, 3.05) is 13.6 Å². The molecule has 1 aliphatic rings. The average molecular weight is 183 g/mol. The molecule has 0 atom stereocenters. The standard InChI is InChI=1S/C12H25N/c1-3-4-5-11-6-8-12(9-7-11)10-13-2/h11-13H,3-10H2,1-2H3. The Labute approximate surface area is 83.3 Å². The van der Waals surface area contributed by atoms with Crippen LogP contribution in [0.2, 0.25) is 0 Å². The molecule has 0 bridgehead atoms. The van der Waals surface area contributed by atoms with Crippen LogP contribution in [0.15, 0.2) is 0 Å². The van der Waals surface area contributed by atoms with Crippen molar-refractivity contribution >= 4 is 0 Å². The van der Waals surface area contributed by atoms with E-state index in [1.54, 1.807) is 0 Å². The Balaban J connectivity index is 2.08. The van der Waals surface area contributed by atoms with E-state index in [1.165, 1.54) is 51.5 Å². The molecule has 1 N–H and O–H groups in total. The van der Waals surface area contributed by atoms with Gasteiger partial charge in [0.2, 0.25) is 0 Å². The summed E-state index contributed by atoms with van der Waals surface area (Å²) in [6.07, 6.45) is 10.2. The highest BCUT2D eigenvalue weighted by molar-refractivity contribution is 4.73. The second-order valence-electron chi connectivity index (χ2n) is 4.59.